The number of carbonyl (C=O) groups excluding carboxylic acids is 1. The molecular formula is C16H19N3O4. The number of methoxy groups -OCH3 is 1. The molecule has 2 rings (SSSR count). The molecule has 0 radical (unpaired) electrons. The van der Waals surface area contributed by atoms with E-state index >= 15 is 0 Å². The van der Waals surface area contributed by atoms with Crippen LogP contribution in [0.3, 0.4) is 0 Å². The summed E-state index contributed by atoms with van der Waals surface area (Å²) < 4.78 is 6.48. The van der Waals surface area contributed by atoms with Gasteiger partial charge in [-0.15, -0.1) is 0 Å². The standard InChI is InChI=1S/C16H19N3O4/c1-23-8-7-14(16(21)22)18-15(20)13-9-17-19(11-13)10-12-5-3-2-4-6-12/h2-6,9,11,14H,7-8,10H2,1H3,(H,18,20)(H,21,22). The Morgan fingerprint density at radius 3 is 2.74 bits per heavy atom. The lowest BCUT2D eigenvalue weighted by Gasteiger charge is -2.13. The summed E-state index contributed by atoms with van der Waals surface area (Å²) in [5.41, 5.74) is 1.38. The van der Waals surface area contributed by atoms with Crippen molar-refractivity contribution in [2.75, 3.05) is 13.7 Å². The molecule has 2 aromatic rings. The van der Waals surface area contributed by atoms with Crippen LogP contribution < -0.4 is 5.32 Å². The van der Waals surface area contributed by atoms with Crippen molar-refractivity contribution < 1.29 is 19.4 Å². The minimum Gasteiger partial charge on any atom is -0.480 e. The Morgan fingerprint density at radius 2 is 2.09 bits per heavy atom. The number of ether oxygens (including phenoxy) is 1. The number of carboxylic acid groups (broad SMARTS) is 1. The molecule has 0 spiro atoms. The Hall–Kier alpha value is -2.67. The zero-order chi connectivity index (χ0) is 16.7. The van der Waals surface area contributed by atoms with Crippen molar-refractivity contribution in [3.8, 4) is 0 Å². The number of carbonyl (C=O) groups is 2. The van der Waals surface area contributed by atoms with Gasteiger partial charge in [-0.25, -0.2) is 4.79 Å². The number of aromatic nitrogens is 2. The van der Waals surface area contributed by atoms with Gasteiger partial charge in [-0.1, -0.05) is 30.3 Å². The Kier molecular flexibility index (Phi) is 5.87. The van der Waals surface area contributed by atoms with Gasteiger partial charge in [0.25, 0.3) is 5.91 Å². The lowest BCUT2D eigenvalue weighted by Crippen LogP contribution is -2.41. The maximum Gasteiger partial charge on any atom is 0.326 e. The van der Waals surface area contributed by atoms with Gasteiger partial charge in [0, 0.05) is 26.3 Å². The molecular weight excluding hydrogens is 298 g/mol. The molecule has 0 aliphatic carbocycles. The van der Waals surface area contributed by atoms with Gasteiger partial charge in [0.2, 0.25) is 0 Å². The van der Waals surface area contributed by atoms with Crippen molar-refractivity contribution >= 4 is 11.9 Å². The number of benzene rings is 1. The van der Waals surface area contributed by atoms with Crippen molar-refractivity contribution in [3.63, 3.8) is 0 Å². The van der Waals surface area contributed by atoms with Gasteiger partial charge < -0.3 is 15.2 Å². The molecule has 0 saturated carbocycles. The molecule has 1 unspecified atom stereocenters. The van der Waals surface area contributed by atoms with Crippen molar-refractivity contribution in [1.29, 1.82) is 0 Å². The van der Waals surface area contributed by atoms with Gasteiger partial charge in [-0.05, 0) is 5.56 Å². The first-order valence-corrected chi connectivity index (χ1v) is 7.19. The molecule has 23 heavy (non-hydrogen) atoms. The van der Waals surface area contributed by atoms with E-state index in [1.54, 1.807) is 10.9 Å². The zero-order valence-electron chi connectivity index (χ0n) is 12.8. The summed E-state index contributed by atoms with van der Waals surface area (Å²) in [6.07, 6.45) is 3.22. The van der Waals surface area contributed by atoms with Crippen LogP contribution in [-0.2, 0) is 16.1 Å². The third-order valence-electron chi connectivity index (χ3n) is 3.30. The quantitative estimate of drug-likeness (QED) is 0.762. The fraction of sp³-hybridized carbons (Fsp3) is 0.312. The minimum atomic E-state index is -1.09. The predicted octanol–water partition coefficient (Wildman–Crippen LogP) is 1.15. The first-order chi connectivity index (χ1) is 11.1. The van der Waals surface area contributed by atoms with E-state index in [-0.39, 0.29) is 13.0 Å². The summed E-state index contributed by atoms with van der Waals surface area (Å²) in [6.45, 7) is 0.796. The van der Waals surface area contributed by atoms with E-state index in [0.717, 1.165) is 5.56 Å². The van der Waals surface area contributed by atoms with Crippen LogP contribution in [-0.4, -0.2) is 46.5 Å². The second-order valence-corrected chi connectivity index (χ2v) is 5.06. The third-order valence-corrected chi connectivity index (χ3v) is 3.30. The van der Waals surface area contributed by atoms with E-state index in [9.17, 15) is 9.59 Å². The zero-order valence-corrected chi connectivity index (χ0v) is 12.8. The van der Waals surface area contributed by atoms with Gasteiger partial charge in [-0.2, -0.15) is 5.10 Å². The van der Waals surface area contributed by atoms with Crippen molar-refractivity contribution in [3.05, 3.63) is 53.9 Å². The summed E-state index contributed by atoms with van der Waals surface area (Å²) in [5.74, 6) is -1.56. The van der Waals surface area contributed by atoms with E-state index in [1.165, 1.54) is 13.3 Å². The van der Waals surface area contributed by atoms with Gasteiger partial charge >= 0.3 is 5.97 Å². The highest BCUT2D eigenvalue weighted by Crippen LogP contribution is 2.05. The summed E-state index contributed by atoms with van der Waals surface area (Å²) in [7, 11) is 1.48. The molecule has 1 amide bonds. The van der Waals surface area contributed by atoms with Crippen LogP contribution in [0.5, 0.6) is 0 Å². The first-order valence-electron chi connectivity index (χ1n) is 7.19. The fourth-order valence-electron chi connectivity index (χ4n) is 2.07. The van der Waals surface area contributed by atoms with E-state index in [0.29, 0.717) is 12.1 Å². The highest BCUT2D eigenvalue weighted by atomic mass is 16.5. The van der Waals surface area contributed by atoms with Gasteiger partial charge in [0.1, 0.15) is 6.04 Å². The summed E-state index contributed by atoms with van der Waals surface area (Å²) in [4.78, 5) is 23.2. The fourth-order valence-corrected chi connectivity index (χ4v) is 2.07. The molecule has 7 nitrogen and oxygen atoms in total. The Labute approximate surface area is 133 Å². The van der Waals surface area contributed by atoms with E-state index in [1.807, 2.05) is 30.3 Å². The van der Waals surface area contributed by atoms with Crippen molar-refractivity contribution in [1.82, 2.24) is 15.1 Å². The molecule has 1 atom stereocenters. The van der Waals surface area contributed by atoms with Gasteiger partial charge in [-0.3, -0.25) is 9.48 Å². The van der Waals surface area contributed by atoms with Crippen molar-refractivity contribution in [2.24, 2.45) is 0 Å². The number of carboxylic acids is 1. The Bertz CT molecular complexity index is 654. The number of rotatable bonds is 8. The van der Waals surface area contributed by atoms with E-state index in [4.69, 9.17) is 9.84 Å². The largest absolute Gasteiger partial charge is 0.480 e. The summed E-state index contributed by atoms with van der Waals surface area (Å²) in [6, 6.07) is 8.73. The topological polar surface area (TPSA) is 93.5 Å². The van der Waals surface area contributed by atoms with E-state index < -0.39 is 17.9 Å². The molecule has 1 aromatic heterocycles. The van der Waals surface area contributed by atoms with Crippen LogP contribution in [0.4, 0.5) is 0 Å². The third kappa shape index (κ3) is 4.93. The smallest absolute Gasteiger partial charge is 0.326 e. The Balaban J connectivity index is 1.98. The van der Waals surface area contributed by atoms with Crippen molar-refractivity contribution in [2.45, 2.75) is 19.0 Å². The van der Waals surface area contributed by atoms with Crippen LogP contribution >= 0.6 is 0 Å². The SMILES string of the molecule is COCCC(NC(=O)c1cnn(Cc2ccccc2)c1)C(=O)O. The molecule has 0 aliphatic rings. The van der Waals surface area contributed by atoms with Crippen LogP contribution in [0.1, 0.15) is 22.3 Å². The van der Waals surface area contributed by atoms with E-state index in [2.05, 4.69) is 10.4 Å². The van der Waals surface area contributed by atoms with Crippen LogP contribution in [0.2, 0.25) is 0 Å². The number of hydrogen-bond donors (Lipinski definition) is 2. The number of hydrogen-bond acceptors (Lipinski definition) is 4. The average molecular weight is 317 g/mol. The minimum absolute atomic E-state index is 0.204. The second kappa shape index (κ2) is 8.09. The van der Waals surface area contributed by atoms with Crippen LogP contribution in [0, 0.1) is 0 Å². The maximum absolute atomic E-state index is 12.1. The lowest BCUT2D eigenvalue weighted by atomic mass is 10.2. The molecule has 0 aliphatic heterocycles. The maximum atomic E-state index is 12.1. The molecule has 0 bridgehead atoms. The monoisotopic (exact) mass is 317 g/mol. The highest BCUT2D eigenvalue weighted by molar-refractivity contribution is 5.96. The second-order valence-electron chi connectivity index (χ2n) is 5.06. The highest BCUT2D eigenvalue weighted by Gasteiger charge is 2.21. The number of nitrogens with one attached hydrogen (secondary N) is 1. The van der Waals surface area contributed by atoms with Gasteiger partial charge in [0.15, 0.2) is 0 Å². The normalized spacial score (nSPS) is 11.9. The summed E-state index contributed by atoms with van der Waals surface area (Å²) >= 11 is 0. The Morgan fingerprint density at radius 1 is 1.35 bits per heavy atom. The average Bonchev–Trinajstić information content (AvgIpc) is 3.00. The lowest BCUT2D eigenvalue weighted by molar-refractivity contribution is -0.139. The molecule has 2 N–H and O–H groups in total. The molecule has 0 saturated heterocycles. The molecule has 7 heteroatoms. The predicted molar refractivity (Wildman–Crippen MR) is 83.2 cm³/mol. The first kappa shape index (κ1) is 16.7. The molecule has 122 valence electrons. The number of amides is 1. The molecule has 1 aromatic carbocycles. The number of aliphatic carboxylic acids is 1. The summed E-state index contributed by atoms with van der Waals surface area (Å²) in [5, 5.41) is 15.7. The number of nitrogens with zero attached hydrogens (tertiary/aromatic N) is 2. The molecule has 0 fully saturated rings. The van der Waals surface area contributed by atoms with Gasteiger partial charge in [0.05, 0.1) is 18.3 Å². The van der Waals surface area contributed by atoms with Crippen LogP contribution in [0.25, 0.3) is 0 Å². The molecule has 1 heterocycles. The van der Waals surface area contributed by atoms with Crippen LogP contribution in [0.15, 0.2) is 42.7 Å².